The third kappa shape index (κ3) is 6.49. The highest BCUT2D eigenvalue weighted by atomic mass is 32.2. The Bertz CT molecular complexity index is 1440. The van der Waals surface area contributed by atoms with Gasteiger partial charge in [0.05, 0.1) is 16.4 Å². The van der Waals surface area contributed by atoms with Gasteiger partial charge in [0.25, 0.3) is 5.91 Å². The van der Waals surface area contributed by atoms with Crippen LogP contribution in [0.1, 0.15) is 27.2 Å². The molecule has 1 N–H and O–H groups in total. The van der Waals surface area contributed by atoms with Crippen LogP contribution in [0.15, 0.2) is 75.5 Å². The molecule has 6 nitrogen and oxygen atoms in total. The van der Waals surface area contributed by atoms with E-state index in [4.69, 9.17) is 0 Å². The van der Waals surface area contributed by atoms with Crippen LogP contribution in [-0.4, -0.2) is 29.8 Å². The second kappa shape index (κ2) is 10.0. The first kappa shape index (κ1) is 27.3. The number of aromatic nitrogens is 1. The molecule has 0 aliphatic carbocycles. The predicted molar refractivity (Wildman–Crippen MR) is 116 cm³/mol. The van der Waals surface area contributed by atoms with Gasteiger partial charge in [0.15, 0.2) is 14.9 Å². The lowest BCUT2D eigenvalue weighted by atomic mass is 10.2. The van der Waals surface area contributed by atoms with Gasteiger partial charge >= 0.3 is 12.4 Å². The van der Waals surface area contributed by atoms with E-state index in [-0.39, 0.29) is 21.9 Å². The molecule has 1 aromatic heterocycles. The smallest absolute Gasteiger partial charge is 0.348 e. The molecule has 0 saturated heterocycles. The fraction of sp³-hybridized carbons (Fsp3) is 0.182. The third-order valence-electron chi connectivity index (χ3n) is 4.72. The lowest BCUT2D eigenvalue weighted by Crippen LogP contribution is -2.25. The van der Waals surface area contributed by atoms with Gasteiger partial charge in [-0.05, 0) is 42.0 Å². The van der Waals surface area contributed by atoms with Crippen molar-refractivity contribution >= 4 is 26.5 Å². The molecular weight excluding hydrogens is 534 g/mol. The second-order valence-electron chi connectivity index (χ2n) is 7.43. The van der Waals surface area contributed by atoms with Gasteiger partial charge in [0.2, 0.25) is 0 Å². The lowest BCUT2D eigenvalue weighted by Gasteiger charge is -2.13. The second-order valence-corrected chi connectivity index (χ2v) is 10.8. The number of nitrogens with zero attached hydrogens (tertiary/aromatic N) is 1. The first-order valence-corrected chi connectivity index (χ1v) is 12.9. The molecule has 1 unspecified atom stereocenters. The first-order chi connectivity index (χ1) is 16.6. The summed E-state index contributed by atoms with van der Waals surface area (Å²) in [4.78, 5) is 15.6. The Hall–Kier alpha value is -3.26. The van der Waals surface area contributed by atoms with Crippen molar-refractivity contribution in [1.29, 1.82) is 0 Å². The maximum absolute atomic E-state index is 13.2. The maximum Gasteiger partial charge on any atom is 0.433 e. The topological polar surface area (TPSA) is 93.2 Å². The number of halogens is 6. The standard InChI is InChI=1S/C22H16F6N2O4S2/c1-36(33,34)19-10-14(9-18(30-19)22(26,27)28)20(31)29-12-13-5-2-3-8-17(13)35(32)16-7-4-6-15(11-16)21(23,24)25/h2-11H,12H2,1H3,(H,29,31). The Balaban J connectivity index is 1.89. The molecule has 1 amide bonds. The molecule has 0 aliphatic heterocycles. The van der Waals surface area contributed by atoms with Crippen molar-refractivity contribution < 1.29 is 43.8 Å². The van der Waals surface area contributed by atoms with E-state index in [9.17, 15) is 43.8 Å². The molecule has 0 bridgehead atoms. The summed E-state index contributed by atoms with van der Waals surface area (Å²) in [6.07, 6.45) is -9.04. The van der Waals surface area contributed by atoms with Crippen molar-refractivity contribution in [2.75, 3.05) is 6.26 Å². The number of hydrogen-bond acceptors (Lipinski definition) is 5. The molecule has 1 heterocycles. The van der Waals surface area contributed by atoms with Crippen molar-refractivity contribution in [3.05, 3.63) is 83.0 Å². The van der Waals surface area contributed by atoms with Gasteiger partial charge in [0.1, 0.15) is 5.69 Å². The molecule has 0 spiro atoms. The fourth-order valence-corrected chi connectivity index (χ4v) is 4.87. The minimum absolute atomic E-state index is 0.0691. The van der Waals surface area contributed by atoms with Crippen molar-refractivity contribution in [3.8, 4) is 0 Å². The van der Waals surface area contributed by atoms with E-state index >= 15 is 0 Å². The Morgan fingerprint density at radius 1 is 0.944 bits per heavy atom. The van der Waals surface area contributed by atoms with Crippen molar-refractivity contribution in [2.24, 2.45) is 0 Å². The largest absolute Gasteiger partial charge is 0.433 e. The van der Waals surface area contributed by atoms with Crippen LogP contribution >= 0.6 is 0 Å². The Labute approximate surface area is 203 Å². The Morgan fingerprint density at radius 2 is 1.61 bits per heavy atom. The Kier molecular flexibility index (Phi) is 7.60. The molecule has 0 radical (unpaired) electrons. The summed E-state index contributed by atoms with van der Waals surface area (Å²) in [5.41, 5.74) is -3.00. The van der Waals surface area contributed by atoms with Crippen LogP contribution in [-0.2, 0) is 39.5 Å². The highest BCUT2D eigenvalue weighted by Gasteiger charge is 2.35. The normalized spacial score (nSPS) is 13.3. The number of sulfone groups is 1. The molecule has 0 saturated carbocycles. The summed E-state index contributed by atoms with van der Waals surface area (Å²) in [6, 6.07) is 10.7. The predicted octanol–water partition coefficient (Wildman–Crippen LogP) is 4.62. The van der Waals surface area contributed by atoms with Crippen LogP contribution in [0.5, 0.6) is 0 Å². The summed E-state index contributed by atoms with van der Waals surface area (Å²) in [6.45, 7) is -0.364. The number of alkyl halides is 6. The number of benzene rings is 2. The number of carbonyl (C=O) groups is 1. The number of nitrogens with one attached hydrogen (secondary N) is 1. The zero-order valence-corrected chi connectivity index (χ0v) is 19.8. The summed E-state index contributed by atoms with van der Waals surface area (Å²) in [5.74, 6) is -1.08. The van der Waals surface area contributed by atoms with E-state index in [0.29, 0.717) is 18.4 Å². The summed E-state index contributed by atoms with van der Waals surface area (Å²) in [7, 11) is -6.27. The van der Waals surface area contributed by atoms with Crippen LogP contribution in [0.3, 0.4) is 0 Å². The zero-order chi connectivity index (χ0) is 26.9. The van der Waals surface area contributed by atoms with Gasteiger partial charge in [-0.25, -0.2) is 17.6 Å². The number of amides is 1. The zero-order valence-electron chi connectivity index (χ0n) is 18.1. The monoisotopic (exact) mass is 550 g/mol. The quantitative estimate of drug-likeness (QED) is 0.453. The molecule has 14 heteroatoms. The summed E-state index contributed by atoms with van der Waals surface area (Å²) in [5, 5.41) is 1.36. The molecule has 0 fully saturated rings. The fourth-order valence-electron chi connectivity index (χ4n) is 2.99. The van der Waals surface area contributed by atoms with E-state index < -0.39 is 60.7 Å². The van der Waals surface area contributed by atoms with Crippen molar-refractivity contribution in [2.45, 2.75) is 33.7 Å². The van der Waals surface area contributed by atoms with Crippen LogP contribution in [0, 0.1) is 0 Å². The van der Waals surface area contributed by atoms with Crippen LogP contribution in [0.25, 0.3) is 0 Å². The van der Waals surface area contributed by atoms with Gasteiger partial charge in [-0.1, -0.05) is 24.3 Å². The van der Waals surface area contributed by atoms with Gasteiger partial charge in [-0.3, -0.25) is 4.79 Å². The number of hydrogen-bond donors (Lipinski definition) is 1. The molecule has 36 heavy (non-hydrogen) atoms. The van der Waals surface area contributed by atoms with E-state index in [1.54, 1.807) is 0 Å². The number of carbonyl (C=O) groups excluding carboxylic acids is 1. The Morgan fingerprint density at radius 3 is 2.22 bits per heavy atom. The van der Waals surface area contributed by atoms with Gasteiger partial charge in [-0.15, -0.1) is 0 Å². The molecule has 2 aromatic carbocycles. The van der Waals surface area contributed by atoms with Crippen LogP contribution in [0.2, 0.25) is 0 Å². The third-order valence-corrected chi connectivity index (χ3v) is 7.17. The first-order valence-electron chi connectivity index (χ1n) is 9.82. The summed E-state index contributed by atoms with van der Waals surface area (Å²) < 4.78 is 115. The van der Waals surface area contributed by atoms with Crippen molar-refractivity contribution in [3.63, 3.8) is 0 Å². The van der Waals surface area contributed by atoms with Crippen LogP contribution in [0.4, 0.5) is 26.3 Å². The molecular formula is C22H16F6N2O4S2. The van der Waals surface area contributed by atoms with Crippen molar-refractivity contribution in [1.82, 2.24) is 10.3 Å². The number of rotatable bonds is 6. The van der Waals surface area contributed by atoms with Gasteiger partial charge < -0.3 is 5.32 Å². The lowest BCUT2D eigenvalue weighted by molar-refractivity contribution is -0.141. The van der Waals surface area contributed by atoms with E-state index in [1.807, 2.05) is 0 Å². The average molecular weight is 551 g/mol. The van der Waals surface area contributed by atoms with E-state index in [0.717, 1.165) is 18.2 Å². The average Bonchev–Trinajstić information content (AvgIpc) is 2.80. The molecule has 3 rings (SSSR count). The van der Waals surface area contributed by atoms with Gasteiger partial charge in [-0.2, -0.15) is 26.3 Å². The minimum atomic E-state index is -5.02. The highest BCUT2D eigenvalue weighted by molar-refractivity contribution is 7.90. The molecule has 3 aromatic rings. The molecule has 0 aliphatic rings. The van der Waals surface area contributed by atoms with Gasteiger partial charge in [0, 0.05) is 28.2 Å². The SMILES string of the molecule is CS(=O)(=O)c1cc(C(=O)NCc2ccccc2S(=O)c2cccc(C(F)(F)F)c2)cc(C(F)(F)F)n1. The van der Waals surface area contributed by atoms with E-state index in [2.05, 4.69) is 10.3 Å². The maximum atomic E-state index is 13.2. The number of pyridine rings is 1. The summed E-state index contributed by atoms with van der Waals surface area (Å²) >= 11 is 0. The highest BCUT2D eigenvalue weighted by Crippen LogP contribution is 2.32. The van der Waals surface area contributed by atoms with E-state index in [1.165, 1.54) is 30.3 Å². The minimum Gasteiger partial charge on any atom is -0.348 e. The van der Waals surface area contributed by atoms with Crippen LogP contribution < -0.4 is 5.32 Å². The molecule has 1 atom stereocenters. The molecule has 192 valence electrons.